The lowest BCUT2D eigenvalue weighted by atomic mass is 10.2. The molecule has 1 amide bonds. The van der Waals surface area contributed by atoms with Gasteiger partial charge >= 0.3 is 0 Å². The first-order valence-electron chi connectivity index (χ1n) is 5.93. The third-order valence-corrected chi connectivity index (χ3v) is 2.23. The molecule has 1 N–H and O–H groups in total. The van der Waals surface area contributed by atoms with Gasteiger partial charge in [-0.15, -0.1) is 0 Å². The molecular weight excluding hydrogens is 230 g/mol. The number of amides is 1. The van der Waals surface area contributed by atoms with E-state index in [1.807, 2.05) is 45.0 Å². The zero-order valence-electron chi connectivity index (χ0n) is 11.4. The molecular formula is C14H21NO3. The highest BCUT2D eigenvalue weighted by Gasteiger charge is 2.13. The van der Waals surface area contributed by atoms with Crippen LogP contribution in [0, 0.1) is 0 Å². The van der Waals surface area contributed by atoms with Crippen LogP contribution in [-0.2, 0) is 20.9 Å². The van der Waals surface area contributed by atoms with Crippen molar-refractivity contribution < 1.29 is 14.3 Å². The molecule has 1 aromatic carbocycles. The van der Waals surface area contributed by atoms with Crippen LogP contribution in [-0.4, -0.2) is 25.2 Å². The maximum Gasteiger partial charge on any atom is 0.250 e. The number of para-hydroxylation sites is 1. The second-order valence-corrected chi connectivity index (χ2v) is 5.04. The Morgan fingerprint density at radius 1 is 1.28 bits per heavy atom. The fourth-order valence-corrected chi connectivity index (χ4v) is 1.39. The van der Waals surface area contributed by atoms with E-state index in [4.69, 9.17) is 9.47 Å². The van der Waals surface area contributed by atoms with Crippen molar-refractivity contribution in [1.82, 2.24) is 0 Å². The van der Waals surface area contributed by atoms with Crippen LogP contribution in [0.25, 0.3) is 0 Å². The molecule has 0 atom stereocenters. The molecule has 18 heavy (non-hydrogen) atoms. The van der Waals surface area contributed by atoms with Crippen molar-refractivity contribution in [3.8, 4) is 0 Å². The van der Waals surface area contributed by atoms with Gasteiger partial charge in [0.05, 0.1) is 12.2 Å². The predicted molar refractivity (Wildman–Crippen MR) is 71.5 cm³/mol. The number of carbonyl (C=O) groups excluding carboxylic acids is 1. The average molecular weight is 251 g/mol. The molecule has 4 heteroatoms. The highest BCUT2D eigenvalue weighted by molar-refractivity contribution is 5.92. The minimum atomic E-state index is -0.316. The summed E-state index contributed by atoms with van der Waals surface area (Å²) in [5.41, 5.74) is 1.40. The van der Waals surface area contributed by atoms with E-state index >= 15 is 0 Å². The second-order valence-electron chi connectivity index (χ2n) is 5.04. The summed E-state index contributed by atoms with van der Waals surface area (Å²) in [4.78, 5) is 11.7. The number of ether oxygens (including phenoxy) is 2. The number of hydrogen-bond donors (Lipinski definition) is 1. The summed E-state index contributed by atoms with van der Waals surface area (Å²) in [6.07, 6.45) is 0. The Labute approximate surface area is 108 Å². The Balaban J connectivity index is 2.59. The molecule has 100 valence electrons. The molecule has 0 aliphatic heterocycles. The maximum absolute atomic E-state index is 11.7. The second kappa shape index (κ2) is 6.52. The van der Waals surface area contributed by atoms with E-state index in [0.29, 0.717) is 6.61 Å². The molecule has 0 unspecified atom stereocenters. The van der Waals surface area contributed by atoms with E-state index in [-0.39, 0.29) is 18.1 Å². The molecule has 0 fully saturated rings. The van der Waals surface area contributed by atoms with Crippen molar-refractivity contribution in [1.29, 1.82) is 0 Å². The van der Waals surface area contributed by atoms with Gasteiger partial charge < -0.3 is 14.8 Å². The van der Waals surface area contributed by atoms with Crippen molar-refractivity contribution in [3.63, 3.8) is 0 Å². The fraction of sp³-hybridized carbons (Fsp3) is 0.500. The Hall–Kier alpha value is -1.39. The van der Waals surface area contributed by atoms with Gasteiger partial charge in [0.25, 0.3) is 0 Å². The van der Waals surface area contributed by atoms with Gasteiger partial charge in [0.15, 0.2) is 0 Å². The third-order valence-electron chi connectivity index (χ3n) is 2.23. The van der Waals surface area contributed by atoms with E-state index in [0.717, 1.165) is 11.3 Å². The standard InChI is InChI=1S/C14H21NO3/c1-14(2,3)18-10-13(16)15-12-8-6-5-7-11(12)9-17-4/h5-8H,9-10H2,1-4H3,(H,15,16). The van der Waals surface area contributed by atoms with Gasteiger partial charge in [-0.2, -0.15) is 0 Å². The number of anilines is 1. The predicted octanol–water partition coefficient (Wildman–Crippen LogP) is 2.59. The molecule has 0 spiro atoms. The topological polar surface area (TPSA) is 47.6 Å². The van der Waals surface area contributed by atoms with Crippen molar-refractivity contribution in [2.24, 2.45) is 0 Å². The number of nitrogens with one attached hydrogen (secondary N) is 1. The quantitative estimate of drug-likeness (QED) is 0.875. The van der Waals surface area contributed by atoms with Crippen LogP contribution in [0.3, 0.4) is 0 Å². The van der Waals surface area contributed by atoms with E-state index in [1.165, 1.54) is 0 Å². The summed E-state index contributed by atoms with van der Waals surface area (Å²) in [6, 6.07) is 7.56. The van der Waals surface area contributed by atoms with Gasteiger partial charge in [-0.3, -0.25) is 4.79 Å². The molecule has 0 heterocycles. The average Bonchev–Trinajstić information content (AvgIpc) is 2.29. The summed E-state index contributed by atoms with van der Waals surface area (Å²) in [6.45, 7) is 6.26. The van der Waals surface area contributed by atoms with Gasteiger partial charge in [0.2, 0.25) is 5.91 Å². The van der Waals surface area contributed by atoms with Crippen LogP contribution in [0.2, 0.25) is 0 Å². The molecule has 0 aliphatic rings. The minimum Gasteiger partial charge on any atom is -0.380 e. The number of rotatable bonds is 5. The lowest BCUT2D eigenvalue weighted by Gasteiger charge is -2.19. The number of methoxy groups -OCH3 is 1. The molecule has 1 aromatic rings. The number of hydrogen-bond acceptors (Lipinski definition) is 3. The Kier molecular flexibility index (Phi) is 5.31. The van der Waals surface area contributed by atoms with Gasteiger partial charge in [-0.1, -0.05) is 18.2 Å². The largest absolute Gasteiger partial charge is 0.380 e. The lowest BCUT2D eigenvalue weighted by Crippen LogP contribution is -2.27. The van der Waals surface area contributed by atoms with E-state index < -0.39 is 0 Å². The van der Waals surface area contributed by atoms with Crippen LogP contribution >= 0.6 is 0 Å². The summed E-state index contributed by atoms with van der Waals surface area (Å²) in [7, 11) is 1.63. The van der Waals surface area contributed by atoms with Crippen molar-refractivity contribution in [2.45, 2.75) is 33.0 Å². The SMILES string of the molecule is COCc1ccccc1NC(=O)COC(C)(C)C. The van der Waals surface area contributed by atoms with Gasteiger partial charge in [-0.25, -0.2) is 0 Å². The van der Waals surface area contributed by atoms with E-state index in [9.17, 15) is 4.79 Å². The molecule has 0 saturated heterocycles. The van der Waals surface area contributed by atoms with Crippen molar-refractivity contribution in [2.75, 3.05) is 19.0 Å². The highest BCUT2D eigenvalue weighted by Crippen LogP contribution is 2.16. The summed E-state index contributed by atoms with van der Waals surface area (Å²) >= 11 is 0. The van der Waals surface area contributed by atoms with Gasteiger partial charge in [0, 0.05) is 18.4 Å². The number of benzene rings is 1. The van der Waals surface area contributed by atoms with Crippen LogP contribution in [0.1, 0.15) is 26.3 Å². The van der Waals surface area contributed by atoms with E-state index in [2.05, 4.69) is 5.32 Å². The molecule has 1 rings (SSSR count). The number of carbonyl (C=O) groups is 1. The Bertz CT molecular complexity index is 396. The molecule has 0 aliphatic carbocycles. The first-order chi connectivity index (χ1) is 8.42. The molecule has 0 saturated carbocycles. The molecule has 0 bridgehead atoms. The zero-order valence-corrected chi connectivity index (χ0v) is 11.4. The first kappa shape index (κ1) is 14.7. The molecule has 0 aromatic heterocycles. The minimum absolute atomic E-state index is 0.0464. The van der Waals surface area contributed by atoms with Crippen molar-refractivity contribution in [3.05, 3.63) is 29.8 Å². The lowest BCUT2D eigenvalue weighted by molar-refractivity contribution is -0.125. The van der Waals surface area contributed by atoms with Crippen LogP contribution in [0.5, 0.6) is 0 Å². The van der Waals surface area contributed by atoms with Crippen molar-refractivity contribution >= 4 is 11.6 Å². The highest BCUT2D eigenvalue weighted by atomic mass is 16.5. The fourth-order valence-electron chi connectivity index (χ4n) is 1.39. The summed E-state index contributed by atoms with van der Waals surface area (Å²) in [5.74, 6) is -0.159. The smallest absolute Gasteiger partial charge is 0.250 e. The maximum atomic E-state index is 11.7. The normalized spacial score (nSPS) is 11.3. The summed E-state index contributed by atoms with van der Waals surface area (Å²) < 4.78 is 10.5. The van der Waals surface area contributed by atoms with Gasteiger partial charge in [0.1, 0.15) is 6.61 Å². The Morgan fingerprint density at radius 3 is 2.56 bits per heavy atom. The molecule has 0 radical (unpaired) electrons. The monoisotopic (exact) mass is 251 g/mol. The summed E-state index contributed by atoms with van der Waals surface area (Å²) in [5, 5.41) is 2.82. The first-order valence-corrected chi connectivity index (χ1v) is 5.93. The van der Waals surface area contributed by atoms with E-state index in [1.54, 1.807) is 7.11 Å². The van der Waals surface area contributed by atoms with Gasteiger partial charge in [-0.05, 0) is 26.8 Å². The Morgan fingerprint density at radius 2 is 1.94 bits per heavy atom. The van der Waals surface area contributed by atoms with Crippen LogP contribution < -0.4 is 5.32 Å². The van der Waals surface area contributed by atoms with Crippen LogP contribution in [0.4, 0.5) is 5.69 Å². The zero-order chi connectivity index (χ0) is 13.6. The van der Waals surface area contributed by atoms with Crippen LogP contribution in [0.15, 0.2) is 24.3 Å². The third kappa shape index (κ3) is 5.29. The molecule has 4 nitrogen and oxygen atoms in total.